The number of aliphatic imine (C=N–C) groups is 1. The maximum absolute atomic E-state index is 4.08. The number of hydrogen-bond acceptors (Lipinski definition) is 1. The van der Waals surface area contributed by atoms with E-state index in [1.165, 1.54) is 0 Å². The number of allylic oxidation sites excluding steroid dienone is 3. The van der Waals surface area contributed by atoms with Crippen LogP contribution in [0.15, 0.2) is 28.9 Å². The molecule has 13 heavy (non-hydrogen) atoms. The molecule has 1 heteroatoms. The smallest absolute Gasteiger partial charge is 0.0397 e. The second kappa shape index (κ2) is 17.3. The largest absolute Gasteiger partial charge is 0.266 e. The molecule has 0 saturated heterocycles. The molecule has 0 spiro atoms. The first-order valence-electron chi connectivity index (χ1n) is 5.01. The van der Waals surface area contributed by atoms with Gasteiger partial charge in [-0.15, -0.1) is 0 Å². The van der Waals surface area contributed by atoms with Gasteiger partial charge in [0.05, 0.1) is 0 Å². The zero-order chi connectivity index (χ0) is 11.3. The highest BCUT2D eigenvalue weighted by Crippen LogP contribution is 2.03. The van der Waals surface area contributed by atoms with E-state index in [1.54, 1.807) is 6.21 Å². The van der Waals surface area contributed by atoms with Gasteiger partial charge in [0.25, 0.3) is 0 Å². The van der Waals surface area contributed by atoms with Crippen LogP contribution in [0.3, 0.4) is 0 Å². The summed E-state index contributed by atoms with van der Waals surface area (Å²) >= 11 is 0. The zero-order valence-corrected chi connectivity index (χ0v) is 10.3. The van der Waals surface area contributed by atoms with Crippen LogP contribution in [0.4, 0.5) is 0 Å². The molecule has 0 aromatic rings. The van der Waals surface area contributed by atoms with E-state index in [0.29, 0.717) is 0 Å². The highest BCUT2D eigenvalue weighted by Gasteiger charge is 1.84. The first kappa shape index (κ1) is 18.0. The molecule has 0 aliphatic carbocycles. The van der Waals surface area contributed by atoms with Crippen LogP contribution >= 0.6 is 0 Å². The Morgan fingerprint density at radius 3 is 1.69 bits per heavy atom. The third-order valence-electron chi connectivity index (χ3n) is 1.20. The summed E-state index contributed by atoms with van der Waals surface area (Å²) in [6, 6.07) is 0. The molecule has 0 unspecified atom stereocenters. The van der Waals surface area contributed by atoms with E-state index < -0.39 is 0 Å². The van der Waals surface area contributed by atoms with Crippen molar-refractivity contribution in [3.8, 4) is 0 Å². The Morgan fingerprint density at radius 2 is 1.46 bits per heavy atom. The van der Waals surface area contributed by atoms with Gasteiger partial charge in [0.2, 0.25) is 0 Å². The van der Waals surface area contributed by atoms with Crippen molar-refractivity contribution in [3.05, 3.63) is 23.9 Å². The number of nitrogens with zero attached hydrogens (tertiary/aromatic N) is 1. The van der Waals surface area contributed by atoms with E-state index in [9.17, 15) is 0 Å². The Kier molecular flexibility index (Phi) is 24.0. The van der Waals surface area contributed by atoms with E-state index in [2.05, 4.69) is 11.6 Å². The predicted octanol–water partition coefficient (Wildman–Crippen LogP) is 4.61. The molecule has 0 rings (SSSR count). The van der Waals surface area contributed by atoms with Gasteiger partial charge in [-0.1, -0.05) is 40.3 Å². The van der Waals surface area contributed by atoms with Crippen molar-refractivity contribution in [1.29, 1.82) is 0 Å². The summed E-state index contributed by atoms with van der Waals surface area (Å²) in [6.07, 6.45) is 3.59. The molecule has 78 valence electrons. The Hall–Kier alpha value is -0.850. The second-order valence-corrected chi connectivity index (χ2v) is 1.86. The van der Waals surface area contributed by atoms with Crippen LogP contribution in [-0.4, -0.2) is 6.21 Å². The molecule has 0 aromatic carbocycles. The molecule has 0 atom stereocenters. The SMILES string of the molecule is C=C/C(C)=C(/C)N=CC.CC.CC. The lowest BCUT2D eigenvalue weighted by Gasteiger charge is -1.93. The average molecular weight is 183 g/mol. The van der Waals surface area contributed by atoms with Crippen LogP contribution in [0, 0.1) is 0 Å². The molecule has 0 bridgehead atoms. The summed E-state index contributed by atoms with van der Waals surface area (Å²) in [6.45, 7) is 17.5. The first-order chi connectivity index (χ1) is 6.22. The summed E-state index contributed by atoms with van der Waals surface area (Å²) in [4.78, 5) is 4.08. The predicted molar refractivity (Wildman–Crippen MR) is 65.4 cm³/mol. The Morgan fingerprint density at radius 1 is 1.08 bits per heavy atom. The Balaban J connectivity index is -0.000000218. The fourth-order valence-electron chi connectivity index (χ4n) is 0.443. The molecule has 0 aliphatic heterocycles. The zero-order valence-electron chi connectivity index (χ0n) is 10.3. The Bertz CT molecular complexity index is 153. The quantitative estimate of drug-likeness (QED) is 0.438. The van der Waals surface area contributed by atoms with Gasteiger partial charge in [-0.3, -0.25) is 4.99 Å². The van der Waals surface area contributed by atoms with Gasteiger partial charge in [0.1, 0.15) is 0 Å². The van der Waals surface area contributed by atoms with Crippen molar-refractivity contribution in [2.45, 2.75) is 48.5 Å². The molecule has 0 saturated carbocycles. The van der Waals surface area contributed by atoms with Gasteiger partial charge < -0.3 is 0 Å². The molecule has 0 heterocycles. The van der Waals surface area contributed by atoms with Crippen LogP contribution < -0.4 is 0 Å². The lowest BCUT2D eigenvalue weighted by Crippen LogP contribution is -1.75. The lowest BCUT2D eigenvalue weighted by molar-refractivity contribution is 1.24. The van der Waals surface area contributed by atoms with Gasteiger partial charge in [0.15, 0.2) is 0 Å². The minimum absolute atomic E-state index is 1.03. The number of hydrogen-bond donors (Lipinski definition) is 0. The van der Waals surface area contributed by atoms with Gasteiger partial charge in [-0.25, -0.2) is 0 Å². The highest BCUT2D eigenvalue weighted by molar-refractivity contribution is 5.55. The molecule has 0 fully saturated rings. The normalized spacial score (nSPS) is 10.4. The van der Waals surface area contributed by atoms with E-state index in [1.807, 2.05) is 54.5 Å². The van der Waals surface area contributed by atoms with E-state index in [4.69, 9.17) is 0 Å². The molecule has 0 aliphatic rings. The minimum atomic E-state index is 1.03. The first-order valence-corrected chi connectivity index (χ1v) is 5.01. The van der Waals surface area contributed by atoms with Crippen molar-refractivity contribution in [2.75, 3.05) is 0 Å². The van der Waals surface area contributed by atoms with Crippen molar-refractivity contribution in [3.63, 3.8) is 0 Å². The maximum Gasteiger partial charge on any atom is 0.0397 e. The van der Waals surface area contributed by atoms with Crippen molar-refractivity contribution in [2.24, 2.45) is 4.99 Å². The van der Waals surface area contributed by atoms with E-state index >= 15 is 0 Å². The van der Waals surface area contributed by atoms with E-state index in [-0.39, 0.29) is 0 Å². The molecule has 0 N–H and O–H groups in total. The third kappa shape index (κ3) is 14.1. The Labute approximate surface area is 84.3 Å². The van der Waals surface area contributed by atoms with Crippen molar-refractivity contribution < 1.29 is 0 Å². The van der Waals surface area contributed by atoms with Crippen LogP contribution in [0.5, 0.6) is 0 Å². The van der Waals surface area contributed by atoms with E-state index in [0.717, 1.165) is 11.3 Å². The minimum Gasteiger partial charge on any atom is -0.266 e. The summed E-state index contributed by atoms with van der Waals surface area (Å²) in [5.74, 6) is 0. The second-order valence-electron chi connectivity index (χ2n) is 1.86. The van der Waals surface area contributed by atoms with Gasteiger partial charge in [0, 0.05) is 11.9 Å². The molecule has 0 amide bonds. The van der Waals surface area contributed by atoms with Gasteiger partial charge in [-0.05, 0) is 26.3 Å². The van der Waals surface area contributed by atoms with Gasteiger partial charge >= 0.3 is 0 Å². The molecular weight excluding hydrogens is 158 g/mol. The fraction of sp³-hybridized carbons (Fsp3) is 0.583. The van der Waals surface area contributed by atoms with Crippen molar-refractivity contribution >= 4 is 6.21 Å². The lowest BCUT2D eigenvalue weighted by atomic mass is 10.2. The summed E-state index contributed by atoms with van der Waals surface area (Å²) < 4.78 is 0. The molecular formula is C12H25N. The summed E-state index contributed by atoms with van der Waals surface area (Å²) in [7, 11) is 0. The molecule has 0 aromatic heterocycles. The average Bonchev–Trinajstić information content (AvgIpc) is 2.23. The topological polar surface area (TPSA) is 12.4 Å². The van der Waals surface area contributed by atoms with Crippen LogP contribution in [0.2, 0.25) is 0 Å². The standard InChI is InChI=1S/C8H13N.2C2H6/c1-5-7(3)8(4)9-6-2;2*1-2/h5-6H,1H2,2-4H3;2*1-2H3/b8-7-,9-6?;;. The van der Waals surface area contributed by atoms with Gasteiger partial charge in [-0.2, -0.15) is 0 Å². The highest BCUT2D eigenvalue weighted by atomic mass is 14.7. The van der Waals surface area contributed by atoms with Crippen LogP contribution in [0.25, 0.3) is 0 Å². The summed E-state index contributed by atoms with van der Waals surface area (Å²) in [5.41, 5.74) is 2.17. The maximum atomic E-state index is 4.08. The van der Waals surface area contributed by atoms with Crippen LogP contribution in [-0.2, 0) is 0 Å². The van der Waals surface area contributed by atoms with Crippen LogP contribution in [0.1, 0.15) is 48.5 Å². The molecule has 1 nitrogen and oxygen atoms in total. The van der Waals surface area contributed by atoms with Crippen molar-refractivity contribution in [1.82, 2.24) is 0 Å². The number of rotatable bonds is 2. The third-order valence-corrected chi connectivity index (χ3v) is 1.20. The fourth-order valence-corrected chi connectivity index (χ4v) is 0.443. The summed E-state index contributed by atoms with van der Waals surface area (Å²) in [5, 5.41) is 0. The molecule has 0 radical (unpaired) electrons. The monoisotopic (exact) mass is 183 g/mol.